The van der Waals surface area contributed by atoms with Gasteiger partial charge >= 0.3 is 0 Å². The van der Waals surface area contributed by atoms with Crippen LogP contribution in [0.1, 0.15) is 11.1 Å². The van der Waals surface area contributed by atoms with Crippen LogP contribution < -0.4 is 10.1 Å². The van der Waals surface area contributed by atoms with Crippen molar-refractivity contribution in [3.05, 3.63) is 58.6 Å². The van der Waals surface area contributed by atoms with Gasteiger partial charge in [0.1, 0.15) is 11.8 Å². The van der Waals surface area contributed by atoms with Crippen molar-refractivity contribution in [2.75, 3.05) is 11.9 Å². The monoisotopic (exact) mass is 286 g/mol. The molecule has 1 N–H and O–H groups in total. The summed E-state index contributed by atoms with van der Waals surface area (Å²) in [5, 5.41) is 12.6. The summed E-state index contributed by atoms with van der Waals surface area (Å²) in [5.41, 5.74) is 3.30. The molecule has 0 bridgehead atoms. The van der Waals surface area contributed by atoms with Gasteiger partial charge in [0.25, 0.3) is 0 Å². The summed E-state index contributed by atoms with van der Waals surface area (Å²) in [5.74, 6) is 0.685. The molecule has 0 spiro atoms. The molecule has 0 amide bonds. The topological polar surface area (TPSA) is 45.0 Å². The Morgan fingerprint density at radius 2 is 2.10 bits per heavy atom. The zero-order chi connectivity index (χ0) is 14.4. The second-order valence-electron chi connectivity index (χ2n) is 4.40. The van der Waals surface area contributed by atoms with E-state index in [1.54, 1.807) is 0 Å². The number of aryl methyl sites for hydroxylation is 1. The lowest BCUT2D eigenvalue weighted by Gasteiger charge is -2.10. The largest absolute Gasteiger partial charge is 0.479 e. The summed E-state index contributed by atoms with van der Waals surface area (Å²) < 4.78 is 5.27. The highest BCUT2D eigenvalue weighted by Crippen LogP contribution is 2.20. The van der Waals surface area contributed by atoms with Crippen LogP contribution in [0.2, 0.25) is 5.02 Å². The third-order valence-electron chi connectivity index (χ3n) is 2.93. The van der Waals surface area contributed by atoms with Crippen molar-refractivity contribution in [3.8, 4) is 11.8 Å². The maximum atomic E-state index is 8.50. The first-order chi connectivity index (χ1) is 9.69. The smallest absolute Gasteiger partial charge is 0.174 e. The van der Waals surface area contributed by atoms with E-state index in [0.29, 0.717) is 12.3 Å². The van der Waals surface area contributed by atoms with Gasteiger partial charge in [-0.05, 0) is 42.3 Å². The molecule has 2 aromatic carbocycles. The molecule has 2 aromatic rings. The molecular weight excluding hydrogens is 272 g/mol. The fourth-order valence-electron chi connectivity index (χ4n) is 1.87. The predicted octanol–water partition coefficient (Wildman–Crippen LogP) is 4.16. The minimum atomic E-state index is 0.0553. The summed E-state index contributed by atoms with van der Waals surface area (Å²) >= 11 is 5.94. The molecule has 0 radical (unpaired) electrons. The molecule has 20 heavy (non-hydrogen) atoms. The van der Waals surface area contributed by atoms with Gasteiger partial charge in [0.15, 0.2) is 6.61 Å². The van der Waals surface area contributed by atoms with Gasteiger partial charge in [-0.25, -0.2) is 0 Å². The molecule has 3 nitrogen and oxygen atoms in total. The fraction of sp³-hybridized carbons (Fsp3) is 0.188. The Bertz CT molecular complexity index is 635. The van der Waals surface area contributed by atoms with Gasteiger partial charge in [0.2, 0.25) is 0 Å². The minimum Gasteiger partial charge on any atom is -0.479 e. The van der Waals surface area contributed by atoms with E-state index < -0.39 is 0 Å². The van der Waals surface area contributed by atoms with E-state index in [1.165, 1.54) is 5.56 Å². The number of hydrogen-bond acceptors (Lipinski definition) is 3. The van der Waals surface area contributed by atoms with Crippen molar-refractivity contribution >= 4 is 17.3 Å². The summed E-state index contributed by atoms with van der Waals surface area (Å²) in [6.45, 7) is 2.81. The molecule has 2 rings (SSSR count). The van der Waals surface area contributed by atoms with Crippen LogP contribution in [-0.2, 0) is 6.54 Å². The number of halogens is 1. The van der Waals surface area contributed by atoms with Crippen molar-refractivity contribution in [1.29, 1.82) is 5.26 Å². The second kappa shape index (κ2) is 6.83. The molecule has 0 saturated carbocycles. The summed E-state index contributed by atoms with van der Waals surface area (Å²) in [6.07, 6.45) is 0. The standard InChI is InChI=1S/C16H15ClN2O/c1-12-9-14(17)6-5-13(12)11-19-15-3-2-4-16(10-15)20-8-7-18/h2-6,9-10,19H,8,11H2,1H3. The Hall–Kier alpha value is -2.18. The average Bonchev–Trinajstić information content (AvgIpc) is 2.45. The summed E-state index contributed by atoms with van der Waals surface area (Å²) in [4.78, 5) is 0. The highest BCUT2D eigenvalue weighted by molar-refractivity contribution is 6.30. The Kier molecular flexibility index (Phi) is 4.86. The van der Waals surface area contributed by atoms with E-state index in [2.05, 4.69) is 5.32 Å². The van der Waals surface area contributed by atoms with E-state index in [1.807, 2.05) is 55.5 Å². The van der Waals surface area contributed by atoms with E-state index in [-0.39, 0.29) is 6.61 Å². The zero-order valence-corrected chi connectivity index (χ0v) is 11.9. The highest BCUT2D eigenvalue weighted by Gasteiger charge is 2.01. The van der Waals surface area contributed by atoms with Crippen LogP contribution in [0.5, 0.6) is 5.75 Å². The maximum Gasteiger partial charge on any atom is 0.174 e. The molecule has 0 aliphatic heterocycles. The van der Waals surface area contributed by atoms with Crippen LogP contribution >= 0.6 is 11.6 Å². The summed E-state index contributed by atoms with van der Waals surface area (Å²) in [7, 11) is 0. The minimum absolute atomic E-state index is 0.0553. The Balaban J connectivity index is 2.01. The molecule has 0 aromatic heterocycles. The van der Waals surface area contributed by atoms with E-state index in [4.69, 9.17) is 21.6 Å². The molecular formula is C16H15ClN2O. The molecule has 0 unspecified atom stereocenters. The molecule has 0 fully saturated rings. The molecule has 0 saturated heterocycles. The Labute approximate surface area is 123 Å². The highest BCUT2D eigenvalue weighted by atomic mass is 35.5. The first kappa shape index (κ1) is 14.2. The van der Waals surface area contributed by atoms with Gasteiger partial charge in [-0.2, -0.15) is 5.26 Å². The Morgan fingerprint density at radius 3 is 2.85 bits per heavy atom. The fourth-order valence-corrected chi connectivity index (χ4v) is 2.09. The number of ether oxygens (including phenoxy) is 1. The van der Waals surface area contributed by atoms with Crippen LogP contribution in [0.25, 0.3) is 0 Å². The van der Waals surface area contributed by atoms with Crippen LogP contribution in [0.3, 0.4) is 0 Å². The third-order valence-corrected chi connectivity index (χ3v) is 3.16. The lowest BCUT2D eigenvalue weighted by atomic mass is 10.1. The Morgan fingerprint density at radius 1 is 1.25 bits per heavy atom. The van der Waals surface area contributed by atoms with E-state index in [0.717, 1.165) is 16.3 Å². The van der Waals surface area contributed by atoms with Gasteiger partial charge in [-0.15, -0.1) is 0 Å². The van der Waals surface area contributed by atoms with E-state index >= 15 is 0 Å². The van der Waals surface area contributed by atoms with Gasteiger partial charge < -0.3 is 10.1 Å². The first-order valence-electron chi connectivity index (χ1n) is 6.28. The number of anilines is 1. The van der Waals surface area contributed by atoms with Crippen molar-refractivity contribution in [1.82, 2.24) is 0 Å². The van der Waals surface area contributed by atoms with Crippen molar-refractivity contribution in [3.63, 3.8) is 0 Å². The van der Waals surface area contributed by atoms with Crippen LogP contribution in [0.4, 0.5) is 5.69 Å². The molecule has 4 heteroatoms. The average molecular weight is 287 g/mol. The lowest BCUT2D eigenvalue weighted by Crippen LogP contribution is -2.02. The molecule has 0 aliphatic rings. The van der Waals surface area contributed by atoms with Gasteiger partial charge in [0.05, 0.1) is 0 Å². The number of nitriles is 1. The number of rotatable bonds is 5. The molecule has 0 aliphatic carbocycles. The second-order valence-corrected chi connectivity index (χ2v) is 4.84. The number of hydrogen-bond donors (Lipinski definition) is 1. The number of benzene rings is 2. The number of nitrogens with one attached hydrogen (secondary N) is 1. The van der Waals surface area contributed by atoms with Crippen molar-refractivity contribution in [2.45, 2.75) is 13.5 Å². The van der Waals surface area contributed by atoms with Crippen LogP contribution in [-0.4, -0.2) is 6.61 Å². The normalized spacial score (nSPS) is 9.85. The molecule has 0 heterocycles. The molecule has 0 atom stereocenters. The summed E-state index contributed by atoms with van der Waals surface area (Å²) in [6, 6.07) is 15.4. The van der Waals surface area contributed by atoms with E-state index in [9.17, 15) is 0 Å². The quantitative estimate of drug-likeness (QED) is 0.897. The predicted molar refractivity (Wildman–Crippen MR) is 81.1 cm³/mol. The molecule has 102 valence electrons. The van der Waals surface area contributed by atoms with Crippen LogP contribution in [0.15, 0.2) is 42.5 Å². The lowest BCUT2D eigenvalue weighted by molar-refractivity contribution is 0.368. The van der Waals surface area contributed by atoms with Crippen molar-refractivity contribution in [2.24, 2.45) is 0 Å². The third kappa shape index (κ3) is 3.91. The maximum absolute atomic E-state index is 8.50. The number of nitrogens with zero attached hydrogens (tertiary/aromatic N) is 1. The van der Waals surface area contributed by atoms with Crippen LogP contribution in [0, 0.1) is 18.3 Å². The first-order valence-corrected chi connectivity index (χ1v) is 6.65. The van der Waals surface area contributed by atoms with Gasteiger partial charge in [-0.3, -0.25) is 0 Å². The SMILES string of the molecule is Cc1cc(Cl)ccc1CNc1cccc(OCC#N)c1. The zero-order valence-electron chi connectivity index (χ0n) is 11.2. The van der Waals surface area contributed by atoms with Gasteiger partial charge in [0, 0.05) is 23.3 Å². The van der Waals surface area contributed by atoms with Gasteiger partial charge in [-0.1, -0.05) is 23.7 Å². The van der Waals surface area contributed by atoms with Crippen molar-refractivity contribution < 1.29 is 4.74 Å².